The molecule has 0 bridgehead atoms. The van der Waals surface area contributed by atoms with E-state index in [1.165, 1.54) is 0 Å². The third kappa shape index (κ3) is 4.13. The molecule has 4 heteroatoms. The summed E-state index contributed by atoms with van der Waals surface area (Å²) in [7, 11) is 0. The van der Waals surface area contributed by atoms with Gasteiger partial charge >= 0.3 is 5.97 Å². The van der Waals surface area contributed by atoms with Crippen molar-refractivity contribution in [3.8, 4) is 5.75 Å². The first kappa shape index (κ1) is 14.1. The SMILES string of the molecule is Cc1cccc(OC(=O)CCC(=O)CC=O)c1C. The molecule has 0 heterocycles. The number of rotatable bonds is 6. The van der Waals surface area contributed by atoms with Crippen molar-refractivity contribution >= 4 is 18.0 Å². The lowest BCUT2D eigenvalue weighted by molar-refractivity contribution is -0.136. The maximum Gasteiger partial charge on any atom is 0.311 e. The smallest absolute Gasteiger partial charge is 0.311 e. The Morgan fingerprint density at radius 1 is 1.22 bits per heavy atom. The van der Waals surface area contributed by atoms with Crippen molar-refractivity contribution in [2.75, 3.05) is 0 Å². The molecule has 0 aliphatic carbocycles. The van der Waals surface area contributed by atoms with Gasteiger partial charge < -0.3 is 9.53 Å². The highest BCUT2D eigenvalue weighted by Gasteiger charge is 2.10. The Balaban J connectivity index is 2.52. The van der Waals surface area contributed by atoms with Gasteiger partial charge in [0.25, 0.3) is 0 Å². The lowest BCUT2D eigenvalue weighted by atomic mass is 10.1. The van der Waals surface area contributed by atoms with Gasteiger partial charge in [-0.1, -0.05) is 12.1 Å². The first-order valence-corrected chi connectivity index (χ1v) is 5.77. The van der Waals surface area contributed by atoms with Crippen LogP contribution in [0.5, 0.6) is 5.75 Å². The molecule has 0 spiro atoms. The van der Waals surface area contributed by atoms with Gasteiger partial charge in [-0.15, -0.1) is 0 Å². The number of ketones is 1. The monoisotopic (exact) mass is 248 g/mol. The van der Waals surface area contributed by atoms with E-state index in [1.54, 1.807) is 6.07 Å². The van der Waals surface area contributed by atoms with Crippen LogP contribution in [0.3, 0.4) is 0 Å². The van der Waals surface area contributed by atoms with Crippen molar-refractivity contribution in [2.45, 2.75) is 33.1 Å². The van der Waals surface area contributed by atoms with Gasteiger partial charge in [-0.05, 0) is 31.0 Å². The zero-order valence-corrected chi connectivity index (χ0v) is 10.6. The quantitative estimate of drug-likeness (QED) is 0.335. The van der Waals surface area contributed by atoms with Gasteiger partial charge in [-0.3, -0.25) is 9.59 Å². The minimum absolute atomic E-state index is 0.0000548. The molecule has 1 aromatic rings. The van der Waals surface area contributed by atoms with Gasteiger partial charge in [0.2, 0.25) is 0 Å². The summed E-state index contributed by atoms with van der Waals surface area (Å²) in [5, 5.41) is 0. The van der Waals surface area contributed by atoms with E-state index < -0.39 is 5.97 Å². The molecule has 0 aliphatic heterocycles. The summed E-state index contributed by atoms with van der Waals surface area (Å²) in [4.78, 5) is 32.7. The fourth-order valence-corrected chi connectivity index (χ4v) is 1.44. The van der Waals surface area contributed by atoms with E-state index in [2.05, 4.69) is 0 Å². The number of aldehydes is 1. The van der Waals surface area contributed by atoms with E-state index in [0.29, 0.717) is 12.0 Å². The minimum Gasteiger partial charge on any atom is -0.426 e. The van der Waals surface area contributed by atoms with Gasteiger partial charge in [0.1, 0.15) is 17.8 Å². The highest BCUT2D eigenvalue weighted by Crippen LogP contribution is 2.21. The Morgan fingerprint density at radius 2 is 1.94 bits per heavy atom. The molecule has 1 rings (SSSR count). The summed E-state index contributed by atoms with van der Waals surface area (Å²) < 4.78 is 5.18. The summed E-state index contributed by atoms with van der Waals surface area (Å²) in [5.74, 6) is -0.186. The van der Waals surface area contributed by atoms with E-state index in [-0.39, 0.29) is 25.0 Å². The molecule has 0 atom stereocenters. The minimum atomic E-state index is -0.456. The number of hydrogen-bond donors (Lipinski definition) is 0. The van der Waals surface area contributed by atoms with Crippen LogP contribution in [0.15, 0.2) is 18.2 Å². The van der Waals surface area contributed by atoms with Crippen LogP contribution in [0.1, 0.15) is 30.4 Å². The van der Waals surface area contributed by atoms with E-state index in [1.807, 2.05) is 26.0 Å². The second-order valence-electron chi connectivity index (χ2n) is 4.08. The molecule has 0 radical (unpaired) electrons. The zero-order valence-electron chi connectivity index (χ0n) is 10.6. The molecule has 0 fully saturated rings. The Labute approximate surface area is 106 Å². The fourth-order valence-electron chi connectivity index (χ4n) is 1.44. The van der Waals surface area contributed by atoms with Crippen LogP contribution in [0.25, 0.3) is 0 Å². The average molecular weight is 248 g/mol. The molecule has 0 unspecified atom stereocenters. The van der Waals surface area contributed by atoms with Crippen molar-refractivity contribution in [3.63, 3.8) is 0 Å². The first-order chi connectivity index (χ1) is 8.54. The fraction of sp³-hybridized carbons (Fsp3) is 0.357. The van der Waals surface area contributed by atoms with Gasteiger partial charge in [-0.25, -0.2) is 0 Å². The molecule has 1 aromatic carbocycles. The first-order valence-electron chi connectivity index (χ1n) is 5.77. The number of esters is 1. The highest BCUT2D eigenvalue weighted by atomic mass is 16.5. The largest absolute Gasteiger partial charge is 0.426 e. The summed E-state index contributed by atoms with van der Waals surface area (Å²) in [6.45, 7) is 3.80. The number of aryl methyl sites for hydroxylation is 1. The molecule has 0 aliphatic rings. The lowest BCUT2D eigenvalue weighted by Crippen LogP contribution is -2.11. The second kappa shape index (κ2) is 6.69. The normalized spacial score (nSPS) is 9.89. The van der Waals surface area contributed by atoms with Crippen LogP contribution in [-0.4, -0.2) is 18.0 Å². The van der Waals surface area contributed by atoms with Crippen LogP contribution in [0.2, 0.25) is 0 Å². The van der Waals surface area contributed by atoms with Crippen molar-refractivity contribution in [2.24, 2.45) is 0 Å². The van der Waals surface area contributed by atoms with Crippen molar-refractivity contribution in [1.29, 1.82) is 0 Å². The molecular formula is C14H16O4. The highest BCUT2D eigenvalue weighted by molar-refractivity contribution is 5.91. The molecule has 0 N–H and O–H groups in total. The van der Waals surface area contributed by atoms with Crippen molar-refractivity contribution in [1.82, 2.24) is 0 Å². The molecule has 4 nitrogen and oxygen atoms in total. The third-order valence-electron chi connectivity index (χ3n) is 2.70. The maximum absolute atomic E-state index is 11.5. The molecule has 0 aromatic heterocycles. The Bertz CT molecular complexity index is 463. The molecule has 18 heavy (non-hydrogen) atoms. The van der Waals surface area contributed by atoms with Gasteiger partial charge in [0.05, 0.1) is 12.8 Å². The molecule has 0 amide bonds. The van der Waals surface area contributed by atoms with Crippen LogP contribution < -0.4 is 4.74 Å². The van der Waals surface area contributed by atoms with Crippen molar-refractivity contribution in [3.05, 3.63) is 29.3 Å². The summed E-state index contributed by atoms with van der Waals surface area (Å²) in [5.41, 5.74) is 1.95. The Kier molecular flexibility index (Phi) is 5.24. The van der Waals surface area contributed by atoms with E-state index >= 15 is 0 Å². The van der Waals surface area contributed by atoms with Crippen LogP contribution >= 0.6 is 0 Å². The number of ether oxygens (including phenoxy) is 1. The van der Waals surface area contributed by atoms with Gasteiger partial charge in [0.15, 0.2) is 0 Å². The third-order valence-corrected chi connectivity index (χ3v) is 2.70. The van der Waals surface area contributed by atoms with Gasteiger partial charge in [0, 0.05) is 6.42 Å². The van der Waals surface area contributed by atoms with E-state index in [4.69, 9.17) is 4.74 Å². The van der Waals surface area contributed by atoms with Crippen LogP contribution in [-0.2, 0) is 14.4 Å². The molecule has 0 saturated carbocycles. The maximum atomic E-state index is 11.5. The molecule has 0 saturated heterocycles. The van der Waals surface area contributed by atoms with Crippen LogP contribution in [0, 0.1) is 13.8 Å². The topological polar surface area (TPSA) is 60.4 Å². The number of carbonyl (C=O) groups excluding carboxylic acids is 3. The average Bonchev–Trinajstić information content (AvgIpc) is 2.33. The van der Waals surface area contributed by atoms with Crippen LogP contribution in [0.4, 0.5) is 0 Å². The van der Waals surface area contributed by atoms with E-state index in [0.717, 1.165) is 11.1 Å². The number of carbonyl (C=O) groups is 3. The standard InChI is InChI=1S/C14H16O4/c1-10-4-3-5-13(11(10)2)18-14(17)7-6-12(16)8-9-15/h3-5,9H,6-8H2,1-2H3. The zero-order chi connectivity index (χ0) is 13.5. The predicted octanol–water partition coefficient (Wildman–Crippen LogP) is 2.15. The van der Waals surface area contributed by atoms with Crippen molar-refractivity contribution < 1.29 is 19.1 Å². The van der Waals surface area contributed by atoms with E-state index in [9.17, 15) is 14.4 Å². The predicted molar refractivity (Wildman–Crippen MR) is 66.5 cm³/mol. The summed E-state index contributed by atoms with van der Waals surface area (Å²) in [6.07, 6.45) is 0.442. The number of hydrogen-bond acceptors (Lipinski definition) is 4. The number of benzene rings is 1. The Morgan fingerprint density at radius 3 is 2.61 bits per heavy atom. The summed E-state index contributed by atoms with van der Waals surface area (Å²) in [6, 6.07) is 5.45. The molecule has 96 valence electrons. The lowest BCUT2D eigenvalue weighted by Gasteiger charge is -2.08. The second-order valence-corrected chi connectivity index (χ2v) is 4.08. The summed E-state index contributed by atoms with van der Waals surface area (Å²) >= 11 is 0. The molecular weight excluding hydrogens is 232 g/mol. The Hall–Kier alpha value is -1.97. The number of Topliss-reactive ketones (excluding diaryl/α,β-unsaturated/α-hetero) is 1. The van der Waals surface area contributed by atoms with Gasteiger partial charge in [-0.2, -0.15) is 0 Å².